The van der Waals surface area contributed by atoms with Crippen LogP contribution < -0.4 is 4.90 Å². The molecule has 0 unspecified atom stereocenters. The molecule has 0 spiro atoms. The average molecular weight is 376 g/mol. The summed E-state index contributed by atoms with van der Waals surface area (Å²) in [5.74, 6) is -0.750. The quantitative estimate of drug-likeness (QED) is 0.313. The van der Waals surface area contributed by atoms with Crippen LogP contribution >= 0.6 is 0 Å². The lowest BCUT2D eigenvalue weighted by atomic mass is 10.0. The first-order valence-corrected chi connectivity index (χ1v) is 9.01. The second-order valence-electron chi connectivity index (χ2n) is 6.93. The summed E-state index contributed by atoms with van der Waals surface area (Å²) in [5, 5.41) is 9.25. The highest BCUT2D eigenvalue weighted by Crippen LogP contribution is 2.16. The first-order valence-electron chi connectivity index (χ1n) is 9.01. The lowest BCUT2D eigenvalue weighted by Gasteiger charge is -2.11. The summed E-state index contributed by atoms with van der Waals surface area (Å²) < 4.78 is 5.04. The predicted octanol–water partition coefficient (Wildman–Crippen LogP) is 4.21. The summed E-state index contributed by atoms with van der Waals surface area (Å²) in [6.45, 7) is 3.74. The summed E-state index contributed by atoms with van der Waals surface area (Å²) in [6, 6.07) is 16.4. The molecule has 2 aromatic carbocycles. The topological polar surface area (TPSA) is 70.4 Å². The van der Waals surface area contributed by atoms with Gasteiger partial charge in [0.2, 0.25) is 0 Å². The Morgan fingerprint density at radius 2 is 1.68 bits per heavy atom. The first kappa shape index (κ1) is 20.9. The van der Waals surface area contributed by atoms with Crippen LogP contribution in [0.5, 0.6) is 0 Å². The number of anilines is 1. The molecule has 28 heavy (non-hydrogen) atoms. The zero-order valence-corrected chi connectivity index (χ0v) is 16.6. The Kier molecular flexibility index (Phi) is 7.11. The molecule has 0 fully saturated rings. The molecule has 2 rings (SSSR count). The molecule has 0 saturated heterocycles. The van der Waals surface area contributed by atoms with E-state index in [0.717, 1.165) is 11.3 Å². The summed E-state index contributed by atoms with van der Waals surface area (Å²) in [5.41, 5.74) is 3.16. The van der Waals surface area contributed by atoms with Crippen LogP contribution in [-0.4, -0.2) is 32.5 Å². The summed E-state index contributed by atoms with van der Waals surface area (Å²) in [7, 11) is 3.85. The van der Waals surface area contributed by atoms with E-state index in [2.05, 4.69) is 13.8 Å². The standard InChI is InChI=1S/C23H24N2O3/c1-16(2)18-7-9-19(10-8-18)22(26)15-28-23(27)20(14-24)13-17-5-11-21(12-6-17)25(3)4/h5-13,16H,15H2,1-4H3/b20-13+. The van der Waals surface area contributed by atoms with E-state index < -0.39 is 12.6 Å². The fourth-order valence-electron chi connectivity index (χ4n) is 2.52. The van der Waals surface area contributed by atoms with Gasteiger partial charge in [0.25, 0.3) is 0 Å². The number of ether oxygens (including phenoxy) is 1. The number of carbonyl (C=O) groups excluding carboxylic acids is 2. The number of benzene rings is 2. The maximum Gasteiger partial charge on any atom is 0.349 e. The van der Waals surface area contributed by atoms with E-state index in [1.165, 1.54) is 6.08 Å². The Bertz CT molecular complexity index is 902. The molecule has 5 nitrogen and oxygen atoms in total. The zero-order valence-electron chi connectivity index (χ0n) is 16.6. The van der Waals surface area contributed by atoms with Crippen molar-refractivity contribution in [2.75, 3.05) is 25.6 Å². The fourth-order valence-corrected chi connectivity index (χ4v) is 2.52. The highest BCUT2D eigenvalue weighted by Gasteiger charge is 2.14. The van der Waals surface area contributed by atoms with Crippen molar-refractivity contribution in [3.05, 3.63) is 70.8 Å². The van der Waals surface area contributed by atoms with Crippen LogP contribution in [0.3, 0.4) is 0 Å². The van der Waals surface area contributed by atoms with Gasteiger partial charge in [0, 0.05) is 25.3 Å². The third-order valence-corrected chi connectivity index (χ3v) is 4.29. The van der Waals surface area contributed by atoms with Crippen molar-refractivity contribution < 1.29 is 14.3 Å². The average Bonchev–Trinajstić information content (AvgIpc) is 2.70. The van der Waals surface area contributed by atoms with E-state index in [1.807, 2.05) is 49.3 Å². The third-order valence-electron chi connectivity index (χ3n) is 4.29. The minimum atomic E-state index is -0.814. The fraction of sp³-hybridized carbons (Fsp3) is 0.261. The number of rotatable bonds is 7. The number of Topliss-reactive ketones (excluding diaryl/α,β-unsaturated/α-hetero) is 1. The van der Waals surface area contributed by atoms with Crippen molar-refractivity contribution in [2.45, 2.75) is 19.8 Å². The summed E-state index contributed by atoms with van der Waals surface area (Å²) >= 11 is 0. The first-order chi connectivity index (χ1) is 13.3. The second kappa shape index (κ2) is 9.52. The van der Waals surface area contributed by atoms with Crippen molar-refractivity contribution in [3.8, 4) is 6.07 Å². The molecule has 0 heterocycles. The molecular formula is C23H24N2O3. The number of esters is 1. The van der Waals surface area contributed by atoms with Crippen molar-refractivity contribution >= 4 is 23.5 Å². The van der Waals surface area contributed by atoms with Crippen LogP contribution in [0, 0.1) is 11.3 Å². The molecule has 144 valence electrons. The number of ketones is 1. The Morgan fingerprint density at radius 3 is 2.18 bits per heavy atom. The third kappa shape index (κ3) is 5.55. The summed E-state index contributed by atoms with van der Waals surface area (Å²) in [6.07, 6.45) is 1.45. The molecule has 0 amide bonds. The van der Waals surface area contributed by atoms with Crippen molar-refractivity contribution in [1.82, 2.24) is 0 Å². The number of nitrogens with zero attached hydrogens (tertiary/aromatic N) is 2. The lowest BCUT2D eigenvalue weighted by Crippen LogP contribution is -2.15. The van der Waals surface area contributed by atoms with Crippen LogP contribution in [0.2, 0.25) is 0 Å². The SMILES string of the molecule is CC(C)c1ccc(C(=O)COC(=O)/C(C#N)=C/c2ccc(N(C)C)cc2)cc1. The number of nitriles is 1. The molecule has 0 aliphatic rings. The van der Waals surface area contributed by atoms with Gasteiger partial charge in [-0.3, -0.25) is 4.79 Å². The lowest BCUT2D eigenvalue weighted by molar-refractivity contribution is -0.137. The van der Waals surface area contributed by atoms with Gasteiger partial charge in [-0.1, -0.05) is 50.2 Å². The maximum absolute atomic E-state index is 12.2. The Labute approximate surface area is 165 Å². The molecule has 0 aliphatic heterocycles. The van der Waals surface area contributed by atoms with E-state index >= 15 is 0 Å². The normalized spacial score (nSPS) is 11.1. The van der Waals surface area contributed by atoms with Gasteiger partial charge in [-0.15, -0.1) is 0 Å². The maximum atomic E-state index is 12.2. The molecule has 0 radical (unpaired) electrons. The van der Waals surface area contributed by atoms with Gasteiger partial charge in [-0.25, -0.2) is 4.79 Å². The van der Waals surface area contributed by atoms with E-state index in [9.17, 15) is 14.9 Å². The minimum Gasteiger partial charge on any atom is -0.453 e. The van der Waals surface area contributed by atoms with Gasteiger partial charge < -0.3 is 9.64 Å². The van der Waals surface area contributed by atoms with Gasteiger partial charge in [0.15, 0.2) is 12.4 Å². The minimum absolute atomic E-state index is 0.152. The molecule has 0 aromatic heterocycles. The van der Waals surface area contributed by atoms with E-state index in [1.54, 1.807) is 24.3 Å². The number of hydrogen-bond donors (Lipinski definition) is 0. The Balaban J connectivity index is 2.01. The zero-order chi connectivity index (χ0) is 20.7. The van der Waals surface area contributed by atoms with Crippen molar-refractivity contribution in [2.24, 2.45) is 0 Å². The molecule has 5 heteroatoms. The summed E-state index contributed by atoms with van der Waals surface area (Å²) in [4.78, 5) is 26.3. The number of carbonyl (C=O) groups is 2. The van der Waals surface area contributed by atoms with Crippen LogP contribution in [0.1, 0.15) is 41.3 Å². The Hall–Kier alpha value is -3.39. The molecular weight excluding hydrogens is 352 g/mol. The Morgan fingerprint density at radius 1 is 1.07 bits per heavy atom. The van der Waals surface area contributed by atoms with Crippen molar-refractivity contribution in [3.63, 3.8) is 0 Å². The van der Waals surface area contributed by atoms with Gasteiger partial charge in [0.1, 0.15) is 11.6 Å². The largest absolute Gasteiger partial charge is 0.453 e. The van der Waals surface area contributed by atoms with Gasteiger partial charge in [-0.05, 0) is 35.3 Å². The highest BCUT2D eigenvalue weighted by molar-refractivity contribution is 6.01. The number of hydrogen-bond acceptors (Lipinski definition) is 5. The molecule has 0 N–H and O–H groups in total. The van der Waals surface area contributed by atoms with E-state index in [-0.39, 0.29) is 11.4 Å². The molecule has 0 saturated carbocycles. The van der Waals surface area contributed by atoms with Crippen LogP contribution in [0.15, 0.2) is 54.1 Å². The van der Waals surface area contributed by atoms with Gasteiger partial charge >= 0.3 is 5.97 Å². The molecule has 0 aliphatic carbocycles. The van der Waals surface area contributed by atoms with E-state index in [0.29, 0.717) is 17.0 Å². The second-order valence-corrected chi connectivity index (χ2v) is 6.93. The van der Waals surface area contributed by atoms with Gasteiger partial charge in [0.05, 0.1) is 0 Å². The van der Waals surface area contributed by atoms with E-state index in [4.69, 9.17) is 4.74 Å². The molecule has 0 bridgehead atoms. The molecule has 0 atom stereocenters. The molecule has 2 aromatic rings. The van der Waals surface area contributed by atoms with Crippen LogP contribution in [0.25, 0.3) is 6.08 Å². The smallest absolute Gasteiger partial charge is 0.349 e. The monoisotopic (exact) mass is 376 g/mol. The predicted molar refractivity (Wildman–Crippen MR) is 110 cm³/mol. The highest BCUT2D eigenvalue weighted by atomic mass is 16.5. The van der Waals surface area contributed by atoms with Crippen molar-refractivity contribution in [1.29, 1.82) is 5.26 Å². The van der Waals surface area contributed by atoms with Crippen LogP contribution in [-0.2, 0) is 9.53 Å². The van der Waals surface area contributed by atoms with Crippen LogP contribution in [0.4, 0.5) is 5.69 Å². The van der Waals surface area contributed by atoms with Gasteiger partial charge in [-0.2, -0.15) is 5.26 Å².